The molecule has 0 fully saturated rings. The maximum Gasteiger partial charge on any atom is 0.405 e. The van der Waals surface area contributed by atoms with Crippen molar-refractivity contribution in [1.29, 1.82) is 0 Å². The second kappa shape index (κ2) is 7.53. The van der Waals surface area contributed by atoms with Crippen molar-refractivity contribution in [2.75, 3.05) is 6.61 Å². The third-order valence-corrected chi connectivity index (χ3v) is 4.72. The van der Waals surface area contributed by atoms with Crippen molar-refractivity contribution in [2.45, 2.75) is 32.4 Å². The van der Waals surface area contributed by atoms with Gasteiger partial charge in [0.25, 0.3) is 0 Å². The molecule has 1 aromatic carbocycles. The highest BCUT2D eigenvalue weighted by Crippen LogP contribution is 2.37. The molecule has 0 saturated heterocycles. The zero-order chi connectivity index (χ0) is 17.7. The van der Waals surface area contributed by atoms with Crippen LogP contribution < -0.4 is 5.32 Å². The van der Waals surface area contributed by atoms with E-state index in [4.69, 9.17) is 4.74 Å². The van der Waals surface area contributed by atoms with Gasteiger partial charge >= 0.3 is 6.09 Å². The first-order valence-electron chi connectivity index (χ1n) is 8.37. The molecule has 0 aliphatic heterocycles. The Hall–Kier alpha value is -2.60. The first-order valence-corrected chi connectivity index (χ1v) is 8.37. The zero-order valence-electron chi connectivity index (χ0n) is 14.3. The second-order valence-corrected chi connectivity index (χ2v) is 6.69. The molecule has 0 bridgehead atoms. The van der Waals surface area contributed by atoms with E-state index in [-0.39, 0.29) is 11.5 Å². The minimum absolute atomic E-state index is 0.294. The molecule has 0 saturated carbocycles. The van der Waals surface area contributed by atoms with Gasteiger partial charge in [-0.05, 0) is 24.5 Å². The average molecular weight is 341 g/mol. The fraction of sp³-hybridized carbons (Fsp3) is 0.368. The molecule has 6 nitrogen and oxygen atoms in total. The molecule has 0 spiro atoms. The highest BCUT2D eigenvalue weighted by Gasteiger charge is 2.38. The van der Waals surface area contributed by atoms with E-state index in [1.807, 2.05) is 47.2 Å². The summed E-state index contributed by atoms with van der Waals surface area (Å²) in [5.41, 5.74) is 1.87. The highest BCUT2D eigenvalue weighted by molar-refractivity contribution is 5.66. The lowest BCUT2D eigenvalue weighted by Crippen LogP contribution is -2.49. The fourth-order valence-corrected chi connectivity index (χ4v) is 3.18. The summed E-state index contributed by atoms with van der Waals surface area (Å²) in [6.07, 6.45) is 7.96. The van der Waals surface area contributed by atoms with Crippen LogP contribution in [-0.4, -0.2) is 33.4 Å². The number of benzene rings is 1. The number of allylic oxidation sites excluding steroid dienone is 1. The van der Waals surface area contributed by atoms with Gasteiger partial charge in [-0.15, -0.1) is 0 Å². The standard InChI is InChI=1S/C19H23N3O3/c1-19(13-25-12-15-5-3-2-4-6-15)8-7-16(22-10-9-20-14-22)11-17(19)21-18(23)24/h2-6,9-11,14,17,21H,7-8,12-13H2,1H3,(H,23,24). The van der Waals surface area contributed by atoms with Crippen LogP contribution in [0.15, 0.2) is 55.1 Å². The van der Waals surface area contributed by atoms with Crippen LogP contribution in [0.5, 0.6) is 0 Å². The van der Waals surface area contributed by atoms with Crippen LogP contribution in [0.2, 0.25) is 0 Å². The monoisotopic (exact) mass is 341 g/mol. The molecule has 2 unspecified atom stereocenters. The quantitative estimate of drug-likeness (QED) is 0.844. The summed E-state index contributed by atoms with van der Waals surface area (Å²) in [7, 11) is 0. The number of hydrogen-bond donors (Lipinski definition) is 2. The number of imidazole rings is 1. The summed E-state index contributed by atoms with van der Waals surface area (Å²) in [6.45, 7) is 3.08. The predicted molar refractivity (Wildman–Crippen MR) is 94.9 cm³/mol. The van der Waals surface area contributed by atoms with Crippen LogP contribution in [0.25, 0.3) is 5.70 Å². The number of hydrogen-bond acceptors (Lipinski definition) is 3. The van der Waals surface area contributed by atoms with Crippen molar-refractivity contribution in [1.82, 2.24) is 14.9 Å². The fourth-order valence-electron chi connectivity index (χ4n) is 3.18. The van der Waals surface area contributed by atoms with E-state index in [2.05, 4.69) is 17.2 Å². The molecule has 132 valence electrons. The molecular formula is C19H23N3O3. The number of aromatic nitrogens is 2. The van der Waals surface area contributed by atoms with E-state index < -0.39 is 6.09 Å². The Balaban J connectivity index is 1.70. The smallest absolute Gasteiger partial charge is 0.405 e. The van der Waals surface area contributed by atoms with Crippen LogP contribution in [0.4, 0.5) is 4.79 Å². The third kappa shape index (κ3) is 4.28. The molecule has 2 N–H and O–H groups in total. The average Bonchev–Trinajstić information content (AvgIpc) is 3.12. The van der Waals surface area contributed by atoms with Crippen LogP contribution in [-0.2, 0) is 11.3 Å². The van der Waals surface area contributed by atoms with Gasteiger partial charge in [-0.2, -0.15) is 0 Å². The molecule has 2 atom stereocenters. The zero-order valence-corrected chi connectivity index (χ0v) is 14.3. The van der Waals surface area contributed by atoms with Gasteiger partial charge in [-0.1, -0.05) is 37.3 Å². The van der Waals surface area contributed by atoms with Gasteiger partial charge in [0.1, 0.15) is 0 Å². The van der Waals surface area contributed by atoms with Crippen LogP contribution in [0.3, 0.4) is 0 Å². The Morgan fingerprint density at radius 2 is 2.24 bits per heavy atom. The normalized spacial score (nSPS) is 23.1. The molecule has 1 heterocycles. The van der Waals surface area contributed by atoms with Crippen molar-refractivity contribution in [3.63, 3.8) is 0 Å². The molecule has 3 rings (SSSR count). The molecule has 25 heavy (non-hydrogen) atoms. The van der Waals surface area contributed by atoms with Crippen molar-refractivity contribution in [3.8, 4) is 0 Å². The summed E-state index contributed by atoms with van der Waals surface area (Å²) in [5, 5.41) is 11.9. The summed E-state index contributed by atoms with van der Waals surface area (Å²) in [6, 6.07) is 9.67. The Morgan fingerprint density at radius 3 is 2.92 bits per heavy atom. The van der Waals surface area contributed by atoms with E-state index in [0.717, 1.165) is 24.1 Å². The SMILES string of the molecule is CC1(COCc2ccccc2)CCC(n2ccnc2)=CC1NC(=O)O. The maximum atomic E-state index is 11.2. The molecule has 1 aliphatic carbocycles. The Labute approximate surface area is 147 Å². The minimum atomic E-state index is -1.03. The van der Waals surface area contributed by atoms with Gasteiger partial charge in [0.15, 0.2) is 0 Å². The number of rotatable bonds is 6. The van der Waals surface area contributed by atoms with E-state index in [1.54, 1.807) is 12.5 Å². The summed E-state index contributed by atoms with van der Waals surface area (Å²) < 4.78 is 7.85. The predicted octanol–water partition coefficient (Wildman–Crippen LogP) is 3.38. The molecule has 6 heteroatoms. The summed E-state index contributed by atoms with van der Waals surface area (Å²) in [4.78, 5) is 15.3. The van der Waals surface area contributed by atoms with Gasteiger partial charge in [0.2, 0.25) is 0 Å². The van der Waals surface area contributed by atoms with Crippen LogP contribution in [0, 0.1) is 5.41 Å². The minimum Gasteiger partial charge on any atom is -0.465 e. The van der Waals surface area contributed by atoms with Gasteiger partial charge in [-0.3, -0.25) is 0 Å². The first-order chi connectivity index (χ1) is 12.1. The van der Waals surface area contributed by atoms with E-state index in [9.17, 15) is 9.90 Å². The highest BCUT2D eigenvalue weighted by atomic mass is 16.5. The number of carbonyl (C=O) groups is 1. The first kappa shape index (κ1) is 17.2. The molecule has 1 aromatic heterocycles. The second-order valence-electron chi connectivity index (χ2n) is 6.69. The number of nitrogens with zero attached hydrogens (tertiary/aromatic N) is 2. The van der Waals surface area contributed by atoms with Gasteiger partial charge in [-0.25, -0.2) is 9.78 Å². The van der Waals surface area contributed by atoms with E-state index >= 15 is 0 Å². The van der Waals surface area contributed by atoms with Crippen molar-refractivity contribution in [3.05, 3.63) is 60.7 Å². The summed E-state index contributed by atoms with van der Waals surface area (Å²) in [5.74, 6) is 0. The van der Waals surface area contributed by atoms with E-state index in [0.29, 0.717) is 13.2 Å². The molecular weight excluding hydrogens is 318 g/mol. The van der Waals surface area contributed by atoms with Gasteiger partial charge in [0.05, 0.1) is 25.6 Å². The molecule has 1 aliphatic rings. The number of amides is 1. The van der Waals surface area contributed by atoms with Crippen molar-refractivity contribution in [2.24, 2.45) is 5.41 Å². The van der Waals surface area contributed by atoms with Crippen molar-refractivity contribution < 1.29 is 14.6 Å². The Kier molecular flexibility index (Phi) is 5.19. The lowest BCUT2D eigenvalue weighted by Gasteiger charge is -2.39. The van der Waals surface area contributed by atoms with Gasteiger partial charge in [0, 0.05) is 23.5 Å². The molecule has 0 radical (unpaired) electrons. The van der Waals surface area contributed by atoms with Gasteiger partial charge < -0.3 is 19.7 Å². The number of nitrogens with one attached hydrogen (secondary N) is 1. The Bertz CT molecular complexity index is 728. The van der Waals surface area contributed by atoms with Crippen LogP contribution >= 0.6 is 0 Å². The molecule has 2 aromatic rings. The molecule has 1 amide bonds. The lowest BCUT2D eigenvalue weighted by molar-refractivity contribution is 0.0235. The largest absolute Gasteiger partial charge is 0.465 e. The summed E-state index contributed by atoms with van der Waals surface area (Å²) >= 11 is 0. The van der Waals surface area contributed by atoms with Crippen LogP contribution in [0.1, 0.15) is 25.3 Å². The van der Waals surface area contributed by atoms with Crippen molar-refractivity contribution >= 4 is 11.8 Å². The third-order valence-electron chi connectivity index (χ3n) is 4.72. The lowest BCUT2D eigenvalue weighted by atomic mass is 9.74. The number of carboxylic acid groups (broad SMARTS) is 1. The van der Waals surface area contributed by atoms with E-state index in [1.165, 1.54) is 0 Å². The number of ether oxygens (including phenoxy) is 1. The Morgan fingerprint density at radius 1 is 1.44 bits per heavy atom. The maximum absolute atomic E-state index is 11.2. The topological polar surface area (TPSA) is 76.4 Å².